The van der Waals surface area contributed by atoms with Crippen LogP contribution in [0.5, 0.6) is 0 Å². The van der Waals surface area contributed by atoms with Crippen LogP contribution in [-0.2, 0) is 0 Å². The molecule has 31 heavy (non-hydrogen) atoms. The SMILES string of the molecule is Cc1c(C(=O)N2CCN(c3ccccn3)CC2)sc2ncnc(N3CCC(C)CC3)c12. The number of aromatic nitrogens is 3. The molecule has 7 nitrogen and oxygen atoms in total. The molecule has 5 heterocycles. The van der Waals surface area contributed by atoms with Crippen molar-refractivity contribution in [3.63, 3.8) is 0 Å². The number of rotatable bonds is 3. The topological polar surface area (TPSA) is 65.5 Å². The molecule has 162 valence electrons. The second-order valence-corrected chi connectivity index (χ2v) is 9.57. The van der Waals surface area contributed by atoms with Gasteiger partial charge in [0.05, 0.1) is 10.3 Å². The number of carbonyl (C=O) groups is 1. The van der Waals surface area contributed by atoms with Gasteiger partial charge in [0.1, 0.15) is 22.8 Å². The fourth-order valence-electron chi connectivity index (χ4n) is 4.54. The van der Waals surface area contributed by atoms with Crippen LogP contribution in [0.1, 0.15) is 35.0 Å². The molecule has 2 aliphatic rings. The van der Waals surface area contributed by atoms with Gasteiger partial charge in [0.15, 0.2) is 0 Å². The third kappa shape index (κ3) is 3.84. The highest BCUT2D eigenvalue weighted by atomic mass is 32.1. The summed E-state index contributed by atoms with van der Waals surface area (Å²) in [4.78, 5) is 35.3. The lowest BCUT2D eigenvalue weighted by atomic mass is 9.99. The lowest BCUT2D eigenvalue weighted by Crippen LogP contribution is -2.49. The fraction of sp³-hybridized carbons (Fsp3) is 0.478. The van der Waals surface area contributed by atoms with Crippen molar-refractivity contribution < 1.29 is 4.79 Å². The number of anilines is 2. The van der Waals surface area contributed by atoms with Gasteiger partial charge in [0.2, 0.25) is 0 Å². The van der Waals surface area contributed by atoms with Crippen molar-refractivity contribution in [3.05, 3.63) is 41.2 Å². The molecule has 0 bridgehead atoms. The number of hydrogen-bond acceptors (Lipinski definition) is 7. The molecule has 8 heteroatoms. The Bertz CT molecular complexity index is 1070. The summed E-state index contributed by atoms with van der Waals surface area (Å²) in [6.07, 6.45) is 5.82. The number of piperidine rings is 1. The molecular formula is C23H28N6OS. The van der Waals surface area contributed by atoms with Gasteiger partial charge in [0, 0.05) is 45.5 Å². The van der Waals surface area contributed by atoms with Gasteiger partial charge in [-0.15, -0.1) is 11.3 Å². The maximum Gasteiger partial charge on any atom is 0.264 e. The van der Waals surface area contributed by atoms with E-state index in [0.717, 1.165) is 64.4 Å². The first-order valence-electron chi connectivity index (χ1n) is 11.1. The molecule has 0 aromatic carbocycles. The van der Waals surface area contributed by atoms with Crippen LogP contribution in [0.15, 0.2) is 30.7 Å². The summed E-state index contributed by atoms with van der Waals surface area (Å²) >= 11 is 1.51. The van der Waals surface area contributed by atoms with Crippen molar-refractivity contribution in [2.24, 2.45) is 5.92 Å². The molecule has 0 aliphatic carbocycles. The first-order chi connectivity index (χ1) is 15.1. The highest BCUT2D eigenvalue weighted by molar-refractivity contribution is 7.20. The van der Waals surface area contributed by atoms with E-state index in [1.165, 1.54) is 24.2 Å². The van der Waals surface area contributed by atoms with Crippen LogP contribution >= 0.6 is 11.3 Å². The van der Waals surface area contributed by atoms with Crippen LogP contribution < -0.4 is 9.80 Å². The van der Waals surface area contributed by atoms with Gasteiger partial charge >= 0.3 is 0 Å². The Hall–Kier alpha value is -2.74. The van der Waals surface area contributed by atoms with Crippen LogP contribution in [0.25, 0.3) is 10.2 Å². The molecule has 0 radical (unpaired) electrons. The van der Waals surface area contributed by atoms with E-state index in [2.05, 4.69) is 38.6 Å². The quantitative estimate of drug-likeness (QED) is 0.625. The number of amides is 1. The van der Waals surface area contributed by atoms with Crippen molar-refractivity contribution in [2.45, 2.75) is 26.7 Å². The zero-order valence-corrected chi connectivity index (χ0v) is 18.9. The summed E-state index contributed by atoms with van der Waals surface area (Å²) in [5.41, 5.74) is 1.02. The second kappa shape index (κ2) is 8.42. The van der Waals surface area contributed by atoms with Crippen LogP contribution in [0, 0.1) is 12.8 Å². The third-order valence-corrected chi connectivity index (χ3v) is 7.71. The molecule has 1 amide bonds. The Morgan fingerprint density at radius 2 is 1.77 bits per heavy atom. The minimum absolute atomic E-state index is 0.111. The molecule has 2 fully saturated rings. The van der Waals surface area contributed by atoms with Crippen LogP contribution in [-0.4, -0.2) is 65.0 Å². The number of piperazine rings is 1. The zero-order chi connectivity index (χ0) is 21.4. The molecule has 0 saturated carbocycles. The van der Waals surface area contributed by atoms with Gasteiger partial charge < -0.3 is 14.7 Å². The van der Waals surface area contributed by atoms with Crippen molar-refractivity contribution in [1.82, 2.24) is 19.9 Å². The van der Waals surface area contributed by atoms with Gasteiger partial charge in [-0.1, -0.05) is 13.0 Å². The number of carbonyl (C=O) groups excluding carboxylic acids is 1. The molecular weight excluding hydrogens is 408 g/mol. The molecule has 0 unspecified atom stereocenters. The van der Waals surface area contributed by atoms with Gasteiger partial charge in [-0.05, 0) is 43.4 Å². The average Bonchev–Trinajstić information content (AvgIpc) is 3.16. The summed E-state index contributed by atoms with van der Waals surface area (Å²) in [6.45, 7) is 9.39. The standard InChI is InChI=1S/C23H28N6OS/c1-16-6-9-28(10-7-16)21-19-17(2)20(31-22(19)26-15-25-21)23(30)29-13-11-27(12-14-29)18-5-3-4-8-24-18/h3-5,8,15-16H,6-7,9-14H2,1-2H3. The first kappa shape index (κ1) is 20.2. The zero-order valence-electron chi connectivity index (χ0n) is 18.1. The summed E-state index contributed by atoms with van der Waals surface area (Å²) in [7, 11) is 0. The van der Waals surface area contributed by atoms with Crippen LogP contribution in [0.3, 0.4) is 0 Å². The molecule has 5 rings (SSSR count). The number of fused-ring (bicyclic) bond motifs is 1. The Balaban J connectivity index is 1.36. The molecule has 0 atom stereocenters. The summed E-state index contributed by atoms with van der Waals surface area (Å²) in [5, 5.41) is 1.05. The molecule has 3 aromatic rings. The van der Waals surface area contributed by atoms with E-state index in [1.54, 1.807) is 6.33 Å². The van der Waals surface area contributed by atoms with Crippen molar-refractivity contribution >= 4 is 39.1 Å². The second-order valence-electron chi connectivity index (χ2n) is 8.57. The Morgan fingerprint density at radius 3 is 2.48 bits per heavy atom. The molecule has 3 aromatic heterocycles. The van der Waals surface area contributed by atoms with Crippen LogP contribution in [0.4, 0.5) is 11.6 Å². The van der Waals surface area contributed by atoms with E-state index in [4.69, 9.17) is 0 Å². The number of hydrogen-bond donors (Lipinski definition) is 0. The fourth-order valence-corrected chi connectivity index (χ4v) is 5.65. The third-order valence-electron chi connectivity index (χ3n) is 6.52. The highest BCUT2D eigenvalue weighted by Crippen LogP contribution is 2.36. The lowest BCUT2D eigenvalue weighted by molar-refractivity contribution is 0.0751. The van der Waals surface area contributed by atoms with E-state index in [0.29, 0.717) is 13.1 Å². The minimum Gasteiger partial charge on any atom is -0.356 e. The van der Waals surface area contributed by atoms with Gasteiger partial charge in [-0.3, -0.25) is 4.79 Å². The van der Waals surface area contributed by atoms with Gasteiger partial charge in [-0.2, -0.15) is 0 Å². The lowest BCUT2D eigenvalue weighted by Gasteiger charge is -2.35. The van der Waals surface area contributed by atoms with E-state index < -0.39 is 0 Å². The maximum atomic E-state index is 13.4. The van der Waals surface area contributed by atoms with Crippen LogP contribution in [0.2, 0.25) is 0 Å². The Kier molecular flexibility index (Phi) is 5.48. The van der Waals surface area contributed by atoms with Gasteiger partial charge in [-0.25, -0.2) is 15.0 Å². The number of pyridine rings is 1. The van der Waals surface area contributed by atoms with Crippen molar-refractivity contribution in [1.29, 1.82) is 0 Å². The maximum absolute atomic E-state index is 13.4. The van der Waals surface area contributed by atoms with Crippen molar-refractivity contribution in [2.75, 3.05) is 49.1 Å². The summed E-state index contributed by atoms with van der Waals surface area (Å²) < 4.78 is 0. The molecule has 0 spiro atoms. The average molecular weight is 437 g/mol. The molecule has 2 saturated heterocycles. The Morgan fingerprint density at radius 1 is 1.00 bits per heavy atom. The highest BCUT2D eigenvalue weighted by Gasteiger charge is 2.28. The predicted octanol–water partition coefficient (Wildman–Crippen LogP) is 3.59. The largest absolute Gasteiger partial charge is 0.356 e. The first-order valence-corrected chi connectivity index (χ1v) is 11.9. The predicted molar refractivity (Wildman–Crippen MR) is 125 cm³/mol. The van der Waals surface area contributed by atoms with Crippen molar-refractivity contribution in [3.8, 4) is 0 Å². The number of thiophene rings is 1. The Labute approximate surface area is 186 Å². The van der Waals surface area contributed by atoms with E-state index >= 15 is 0 Å². The minimum atomic E-state index is 0.111. The van der Waals surface area contributed by atoms with E-state index in [9.17, 15) is 4.79 Å². The molecule has 0 N–H and O–H groups in total. The normalized spacial score (nSPS) is 18.1. The van der Waals surface area contributed by atoms with E-state index in [1.807, 2.05) is 29.3 Å². The monoisotopic (exact) mass is 436 g/mol. The van der Waals surface area contributed by atoms with E-state index in [-0.39, 0.29) is 5.91 Å². The molecule has 2 aliphatic heterocycles. The smallest absolute Gasteiger partial charge is 0.264 e. The number of aryl methyl sites for hydroxylation is 1. The summed E-state index contributed by atoms with van der Waals surface area (Å²) in [5.74, 6) is 2.84. The summed E-state index contributed by atoms with van der Waals surface area (Å²) in [6, 6.07) is 5.95. The number of nitrogens with zero attached hydrogens (tertiary/aromatic N) is 6. The van der Waals surface area contributed by atoms with Gasteiger partial charge in [0.25, 0.3) is 5.91 Å².